The van der Waals surface area contributed by atoms with Crippen LogP contribution in [0, 0.1) is 0 Å². The highest BCUT2D eigenvalue weighted by Crippen LogP contribution is 2.32. The maximum absolute atomic E-state index is 2.24. The number of benzene rings is 5. The number of fused-ring (bicyclic) bond motifs is 1. The summed E-state index contributed by atoms with van der Waals surface area (Å²) in [6.45, 7) is 0. The molecule has 0 bridgehead atoms. The van der Waals surface area contributed by atoms with Crippen molar-refractivity contribution in [2.24, 2.45) is 0 Å². The van der Waals surface area contributed by atoms with Crippen molar-refractivity contribution in [3.8, 4) is 22.3 Å². The second kappa shape index (κ2) is 7.88. The Kier molecular flexibility index (Phi) is 4.78. The van der Waals surface area contributed by atoms with Crippen molar-refractivity contribution in [2.75, 3.05) is 11.9 Å². The van der Waals surface area contributed by atoms with Crippen molar-refractivity contribution in [1.29, 1.82) is 0 Å². The van der Waals surface area contributed by atoms with Gasteiger partial charge in [0, 0.05) is 18.4 Å². The Morgan fingerprint density at radius 2 is 1.13 bits per heavy atom. The quantitative estimate of drug-likeness (QED) is 0.303. The Balaban J connectivity index is 1.46. The Hall–Kier alpha value is -3.84. The molecule has 0 saturated carbocycles. The Morgan fingerprint density at radius 1 is 0.467 bits per heavy atom. The Bertz CT molecular complexity index is 1280. The number of anilines is 2. The van der Waals surface area contributed by atoms with Crippen LogP contribution in [0.5, 0.6) is 0 Å². The summed E-state index contributed by atoms with van der Waals surface area (Å²) in [4.78, 5) is 2.24. The van der Waals surface area contributed by atoms with Gasteiger partial charge in [-0.25, -0.2) is 0 Å². The molecule has 0 saturated heterocycles. The molecule has 5 aromatic rings. The van der Waals surface area contributed by atoms with E-state index in [9.17, 15) is 0 Å². The Labute approximate surface area is 177 Å². The van der Waals surface area contributed by atoms with Gasteiger partial charge in [-0.2, -0.15) is 0 Å². The molecule has 0 aromatic heterocycles. The largest absolute Gasteiger partial charge is 0.345 e. The summed E-state index contributed by atoms with van der Waals surface area (Å²) in [6, 6.07) is 43.1. The second-order valence-electron chi connectivity index (χ2n) is 7.55. The molecule has 1 heteroatoms. The summed E-state index contributed by atoms with van der Waals surface area (Å²) in [6.07, 6.45) is 0. The van der Waals surface area contributed by atoms with Crippen molar-refractivity contribution in [2.45, 2.75) is 0 Å². The molecule has 0 aliphatic carbocycles. The first-order chi connectivity index (χ1) is 14.8. The standard InChI is InChI=1S/C29H23N/c1-30(27-14-7-13-25(21-27)22-9-3-2-4-10-22)26-19-17-24(18-20-26)29-16-8-12-23-11-5-6-15-28(23)29/h2-21H,1H3. The van der Waals surface area contributed by atoms with E-state index in [1.807, 2.05) is 0 Å². The first-order valence-corrected chi connectivity index (χ1v) is 10.3. The third kappa shape index (κ3) is 3.46. The predicted molar refractivity (Wildman–Crippen MR) is 129 cm³/mol. The summed E-state index contributed by atoms with van der Waals surface area (Å²) >= 11 is 0. The molecular weight excluding hydrogens is 362 g/mol. The average molecular weight is 386 g/mol. The minimum absolute atomic E-state index is 1.17. The van der Waals surface area contributed by atoms with E-state index in [4.69, 9.17) is 0 Å². The van der Waals surface area contributed by atoms with Crippen LogP contribution in [0.2, 0.25) is 0 Å². The smallest absolute Gasteiger partial charge is 0.0414 e. The summed E-state index contributed by atoms with van der Waals surface area (Å²) in [7, 11) is 2.12. The first kappa shape index (κ1) is 18.2. The van der Waals surface area contributed by atoms with Gasteiger partial charge in [-0.1, -0.05) is 97.1 Å². The highest BCUT2D eigenvalue weighted by atomic mass is 15.1. The normalized spacial score (nSPS) is 10.8. The van der Waals surface area contributed by atoms with Crippen LogP contribution >= 0.6 is 0 Å². The molecular formula is C29H23N. The van der Waals surface area contributed by atoms with Crippen molar-refractivity contribution in [1.82, 2.24) is 0 Å². The molecule has 0 amide bonds. The molecule has 0 aliphatic rings. The summed E-state index contributed by atoms with van der Waals surface area (Å²) in [5.41, 5.74) is 7.32. The first-order valence-electron chi connectivity index (χ1n) is 10.3. The lowest BCUT2D eigenvalue weighted by molar-refractivity contribution is 1.21. The van der Waals surface area contributed by atoms with Crippen molar-refractivity contribution >= 4 is 22.1 Å². The van der Waals surface area contributed by atoms with Crippen LogP contribution in [0.25, 0.3) is 33.0 Å². The van der Waals surface area contributed by atoms with Gasteiger partial charge >= 0.3 is 0 Å². The molecule has 0 aliphatic heterocycles. The second-order valence-corrected chi connectivity index (χ2v) is 7.55. The zero-order chi connectivity index (χ0) is 20.3. The van der Waals surface area contributed by atoms with E-state index in [-0.39, 0.29) is 0 Å². The van der Waals surface area contributed by atoms with Crippen LogP contribution in [0.1, 0.15) is 0 Å². The fourth-order valence-electron chi connectivity index (χ4n) is 4.02. The van der Waals surface area contributed by atoms with Gasteiger partial charge in [0.05, 0.1) is 0 Å². The van der Waals surface area contributed by atoms with Crippen molar-refractivity contribution in [3.05, 3.63) is 121 Å². The molecule has 0 N–H and O–H groups in total. The number of hydrogen-bond acceptors (Lipinski definition) is 1. The number of rotatable bonds is 4. The van der Waals surface area contributed by atoms with Crippen molar-refractivity contribution < 1.29 is 0 Å². The third-order valence-electron chi connectivity index (χ3n) is 5.70. The Morgan fingerprint density at radius 3 is 1.97 bits per heavy atom. The van der Waals surface area contributed by atoms with E-state index in [0.717, 1.165) is 0 Å². The van der Waals surface area contributed by atoms with Gasteiger partial charge in [0.2, 0.25) is 0 Å². The molecule has 144 valence electrons. The zero-order valence-corrected chi connectivity index (χ0v) is 17.0. The molecule has 5 aromatic carbocycles. The molecule has 0 atom stereocenters. The third-order valence-corrected chi connectivity index (χ3v) is 5.70. The number of nitrogens with zero attached hydrogens (tertiary/aromatic N) is 1. The van der Waals surface area contributed by atoms with Crippen LogP contribution < -0.4 is 4.90 Å². The van der Waals surface area contributed by atoms with E-state index < -0.39 is 0 Å². The van der Waals surface area contributed by atoms with Gasteiger partial charge in [0.25, 0.3) is 0 Å². The van der Waals surface area contributed by atoms with Crippen LogP contribution in [0.4, 0.5) is 11.4 Å². The molecule has 0 unspecified atom stereocenters. The maximum atomic E-state index is 2.24. The van der Waals surface area contributed by atoms with Crippen molar-refractivity contribution in [3.63, 3.8) is 0 Å². The van der Waals surface area contributed by atoms with Gasteiger partial charge < -0.3 is 4.90 Å². The van der Waals surface area contributed by atoms with E-state index in [1.54, 1.807) is 0 Å². The van der Waals surface area contributed by atoms with Gasteiger partial charge in [-0.3, -0.25) is 0 Å². The fraction of sp³-hybridized carbons (Fsp3) is 0.0345. The summed E-state index contributed by atoms with van der Waals surface area (Å²) < 4.78 is 0. The summed E-state index contributed by atoms with van der Waals surface area (Å²) in [5.74, 6) is 0. The zero-order valence-electron chi connectivity index (χ0n) is 17.0. The number of hydrogen-bond donors (Lipinski definition) is 0. The van der Waals surface area contributed by atoms with Gasteiger partial charge in [-0.15, -0.1) is 0 Å². The molecule has 1 nitrogen and oxygen atoms in total. The predicted octanol–water partition coefficient (Wildman–Crippen LogP) is 7.94. The molecule has 0 fully saturated rings. The minimum atomic E-state index is 1.17. The van der Waals surface area contributed by atoms with Crippen LogP contribution in [-0.2, 0) is 0 Å². The summed E-state index contributed by atoms with van der Waals surface area (Å²) in [5, 5.41) is 2.56. The fourth-order valence-corrected chi connectivity index (χ4v) is 4.02. The SMILES string of the molecule is CN(c1ccc(-c2cccc3ccccc23)cc1)c1cccc(-c2ccccc2)c1. The highest BCUT2D eigenvalue weighted by Gasteiger charge is 2.08. The molecule has 0 heterocycles. The molecule has 0 spiro atoms. The van der Waals surface area contributed by atoms with E-state index in [0.29, 0.717) is 0 Å². The van der Waals surface area contributed by atoms with Crippen LogP contribution in [0.15, 0.2) is 121 Å². The lowest BCUT2D eigenvalue weighted by Gasteiger charge is -2.21. The topological polar surface area (TPSA) is 3.24 Å². The van der Waals surface area contributed by atoms with Gasteiger partial charge in [0.1, 0.15) is 0 Å². The van der Waals surface area contributed by atoms with Gasteiger partial charge in [-0.05, 0) is 57.3 Å². The maximum Gasteiger partial charge on any atom is 0.0414 e. The lowest BCUT2D eigenvalue weighted by atomic mass is 9.98. The lowest BCUT2D eigenvalue weighted by Crippen LogP contribution is -2.09. The van der Waals surface area contributed by atoms with Crippen LogP contribution in [-0.4, -0.2) is 7.05 Å². The molecule has 30 heavy (non-hydrogen) atoms. The highest BCUT2D eigenvalue weighted by molar-refractivity contribution is 5.96. The molecule has 0 radical (unpaired) electrons. The van der Waals surface area contributed by atoms with Crippen LogP contribution in [0.3, 0.4) is 0 Å². The molecule has 5 rings (SSSR count). The van der Waals surface area contributed by atoms with E-state index in [1.165, 1.54) is 44.4 Å². The average Bonchev–Trinajstić information content (AvgIpc) is 2.84. The van der Waals surface area contributed by atoms with Gasteiger partial charge in [0.15, 0.2) is 0 Å². The van der Waals surface area contributed by atoms with E-state index in [2.05, 4.69) is 133 Å². The van der Waals surface area contributed by atoms with E-state index >= 15 is 0 Å². The minimum Gasteiger partial charge on any atom is -0.345 e. The monoisotopic (exact) mass is 385 g/mol.